The van der Waals surface area contributed by atoms with Crippen LogP contribution in [-0.4, -0.2) is 54.8 Å². The number of amides is 3. The molecular weight excluding hydrogens is 356 g/mol. The summed E-state index contributed by atoms with van der Waals surface area (Å²) in [6, 6.07) is 9.54. The average molecular weight is 389 g/mol. The lowest BCUT2D eigenvalue weighted by Gasteiger charge is -2.31. The Kier molecular flexibility index (Phi) is 7.99. The molecule has 7 heteroatoms. The molecule has 7 nitrogen and oxygen atoms in total. The Morgan fingerprint density at radius 2 is 1.68 bits per heavy atom. The standard InChI is InChI=1S/C21H32N4O3/c1-21(2,3)20(28)22-12-9-18(26)23-17-10-13-25(14-11-17)15-19(27)24-16-7-5-4-6-8-16/h4-8,17H,9-15H2,1-3H3,(H,22,28)(H,23,26)(H,24,27). The van der Waals surface area contributed by atoms with E-state index in [1.807, 2.05) is 51.1 Å². The first kappa shape index (κ1) is 21.9. The van der Waals surface area contributed by atoms with E-state index >= 15 is 0 Å². The van der Waals surface area contributed by atoms with Crippen molar-refractivity contribution in [2.75, 3.05) is 31.5 Å². The molecule has 1 saturated heterocycles. The summed E-state index contributed by atoms with van der Waals surface area (Å²) < 4.78 is 0. The summed E-state index contributed by atoms with van der Waals surface area (Å²) >= 11 is 0. The second-order valence-electron chi connectivity index (χ2n) is 8.29. The zero-order valence-corrected chi connectivity index (χ0v) is 17.1. The van der Waals surface area contributed by atoms with E-state index in [0.29, 0.717) is 13.1 Å². The average Bonchev–Trinajstić information content (AvgIpc) is 2.63. The molecular formula is C21H32N4O3. The number of hydrogen-bond donors (Lipinski definition) is 3. The third-order valence-electron chi connectivity index (χ3n) is 4.70. The van der Waals surface area contributed by atoms with Crippen molar-refractivity contribution in [3.8, 4) is 0 Å². The number of hydrogen-bond acceptors (Lipinski definition) is 4. The zero-order chi connectivity index (χ0) is 20.6. The van der Waals surface area contributed by atoms with Gasteiger partial charge in [-0.3, -0.25) is 19.3 Å². The first-order chi connectivity index (χ1) is 13.2. The van der Waals surface area contributed by atoms with Crippen molar-refractivity contribution in [3.63, 3.8) is 0 Å². The number of carbonyl (C=O) groups is 3. The van der Waals surface area contributed by atoms with Gasteiger partial charge in [0.05, 0.1) is 6.54 Å². The Balaban J connectivity index is 1.62. The van der Waals surface area contributed by atoms with Crippen molar-refractivity contribution in [1.82, 2.24) is 15.5 Å². The minimum absolute atomic E-state index is 0.0247. The number of para-hydroxylation sites is 1. The molecule has 1 aliphatic heterocycles. The maximum atomic E-state index is 12.1. The van der Waals surface area contributed by atoms with Crippen molar-refractivity contribution >= 4 is 23.4 Å². The van der Waals surface area contributed by atoms with Crippen LogP contribution < -0.4 is 16.0 Å². The maximum absolute atomic E-state index is 12.1. The first-order valence-electron chi connectivity index (χ1n) is 9.89. The van der Waals surface area contributed by atoms with Crippen molar-refractivity contribution < 1.29 is 14.4 Å². The van der Waals surface area contributed by atoms with Gasteiger partial charge in [-0.1, -0.05) is 39.0 Å². The van der Waals surface area contributed by atoms with Gasteiger partial charge in [0.1, 0.15) is 0 Å². The first-order valence-corrected chi connectivity index (χ1v) is 9.89. The number of nitrogens with zero attached hydrogens (tertiary/aromatic N) is 1. The van der Waals surface area contributed by atoms with Crippen LogP contribution in [0.2, 0.25) is 0 Å². The minimum Gasteiger partial charge on any atom is -0.355 e. The molecule has 154 valence electrons. The summed E-state index contributed by atoms with van der Waals surface area (Å²) in [4.78, 5) is 38.1. The number of piperidine rings is 1. The Morgan fingerprint density at radius 3 is 2.29 bits per heavy atom. The van der Waals surface area contributed by atoms with Gasteiger partial charge < -0.3 is 16.0 Å². The Labute approximate surface area is 167 Å². The van der Waals surface area contributed by atoms with Crippen LogP contribution in [-0.2, 0) is 14.4 Å². The van der Waals surface area contributed by atoms with Crippen molar-refractivity contribution in [3.05, 3.63) is 30.3 Å². The van der Waals surface area contributed by atoms with Crippen molar-refractivity contribution in [2.24, 2.45) is 5.41 Å². The third kappa shape index (κ3) is 7.68. The minimum atomic E-state index is -0.448. The van der Waals surface area contributed by atoms with Gasteiger partial charge in [0.25, 0.3) is 0 Å². The monoisotopic (exact) mass is 388 g/mol. The Bertz CT molecular complexity index is 662. The number of carbonyl (C=O) groups excluding carboxylic acids is 3. The Hall–Kier alpha value is -2.41. The topological polar surface area (TPSA) is 90.5 Å². The normalized spacial score (nSPS) is 15.7. The predicted molar refractivity (Wildman–Crippen MR) is 110 cm³/mol. The molecule has 0 saturated carbocycles. The van der Waals surface area contributed by atoms with E-state index in [4.69, 9.17) is 0 Å². The van der Waals surface area contributed by atoms with E-state index in [0.717, 1.165) is 31.6 Å². The van der Waals surface area contributed by atoms with Gasteiger partial charge in [0, 0.05) is 43.2 Å². The van der Waals surface area contributed by atoms with Crippen LogP contribution in [0.5, 0.6) is 0 Å². The van der Waals surface area contributed by atoms with E-state index in [1.54, 1.807) is 0 Å². The molecule has 0 aliphatic carbocycles. The summed E-state index contributed by atoms with van der Waals surface area (Å²) in [7, 11) is 0. The zero-order valence-electron chi connectivity index (χ0n) is 17.1. The molecule has 3 amide bonds. The molecule has 0 spiro atoms. The molecule has 0 atom stereocenters. The number of anilines is 1. The molecule has 2 rings (SSSR count). The van der Waals surface area contributed by atoms with Crippen LogP contribution in [0.3, 0.4) is 0 Å². The lowest BCUT2D eigenvalue weighted by Crippen LogP contribution is -2.47. The maximum Gasteiger partial charge on any atom is 0.238 e. The lowest BCUT2D eigenvalue weighted by atomic mass is 9.96. The predicted octanol–water partition coefficient (Wildman–Crippen LogP) is 1.76. The molecule has 28 heavy (non-hydrogen) atoms. The summed E-state index contributed by atoms with van der Waals surface area (Å²) in [5, 5.41) is 8.71. The highest BCUT2D eigenvalue weighted by Crippen LogP contribution is 2.13. The fourth-order valence-corrected chi connectivity index (χ4v) is 3.02. The van der Waals surface area contributed by atoms with Gasteiger partial charge in [-0.25, -0.2) is 0 Å². The van der Waals surface area contributed by atoms with Crippen LogP contribution in [0.4, 0.5) is 5.69 Å². The largest absolute Gasteiger partial charge is 0.355 e. The second-order valence-corrected chi connectivity index (χ2v) is 8.29. The molecule has 1 aromatic rings. The molecule has 0 bridgehead atoms. The second kappa shape index (κ2) is 10.2. The number of nitrogens with one attached hydrogen (secondary N) is 3. The van der Waals surface area contributed by atoms with Crippen LogP contribution in [0.1, 0.15) is 40.0 Å². The van der Waals surface area contributed by atoms with Gasteiger partial charge in [-0.15, -0.1) is 0 Å². The van der Waals surface area contributed by atoms with Gasteiger partial charge >= 0.3 is 0 Å². The lowest BCUT2D eigenvalue weighted by molar-refractivity contribution is -0.128. The van der Waals surface area contributed by atoms with Crippen LogP contribution in [0.15, 0.2) is 30.3 Å². The fourth-order valence-electron chi connectivity index (χ4n) is 3.02. The highest BCUT2D eigenvalue weighted by molar-refractivity contribution is 5.92. The van der Waals surface area contributed by atoms with E-state index in [9.17, 15) is 14.4 Å². The molecule has 1 heterocycles. The van der Waals surface area contributed by atoms with Gasteiger partial charge in [-0.2, -0.15) is 0 Å². The third-order valence-corrected chi connectivity index (χ3v) is 4.70. The van der Waals surface area contributed by atoms with Crippen LogP contribution >= 0.6 is 0 Å². The van der Waals surface area contributed by atoms with Crippen LogP contribution in [0.25, 0.3) is 0 Å². The molecule has 1 fully saturated rings. The van der Waals surface area contributed by atoms with E-state index in [-0.39, 0.29) is 30.2 Å². The molecule has 1 aromatic carbocycles. The highest BCUT2D eigenvalue weighted by atomic mass is 16.2. The van der Waals surface area contributed by atoms with Crippen molar-refractivity contribution in [1.29, 1.82) is 0 Å². The number of rotatable bonds is 7. The van der Waals surface area contributed by atoms with Crippen molar-refractivity contribution in [2.45, 2.75) is 46.1 Å². The summed E-state index contributed by atoms with van der Waals surface area (Å²) in [6.45, 7) is 7.78. The quantitative estimate of drug-likeness (QED) is 0.664. The molecule has 1 aliphatic rings. The van der Waals surface area contributed by atoms with Gasteiger partial charge in [0.2, 0.25) is 17.7 Å². The summed E-state index contributed by atoms with van der Waals surface area (Å²) in [5.74, 6) is -0.125. The Morgan fingerprint density at radius 1 is 1.04 bits per heavy atom. The van der Waals surface area contributed by atoms with E-state index in [2.05, 4.69) is 20.9 Å². The number of benzene rings is 1. The van der Waals surface area contributed by atoms with E-state index in [1.165, 1.54) is 0 Å². The number of likely N-dealkylation sites (tertiary alicyclic amines) is 1. The van der Waals surface area contributed by atoms with E-state index < -0.39 is 5.41 Å². The highest BCUT2D eigenvalue weighted by Gasteiger charge is 2.23. The van der Waals surface area contributed by atoms with Crippen LogP contribution in [0, 0.1) is 5.41 Å². The molecule has 0 aromatic heterocycles. The van der Waals surface area contributed by atoms with Gasteiger partial charge in [-0.05, 0) is 25.0 Å². The smallest absolute Gasteiger partial charge is 0.238 e. The molecule has 0 unspecified atom stereocenters. The molecule has 0 radical (unpaired) electrons. The summed E-state index contributed by atoms with van der Waals surface area (Å²) in [5.41, 5.74) is 0.351. The molecule has 3 N–H and O–H groups in total. The SMILES string of the molecule is CC(C)(C)C(=O)NCCC(=O)NC1CCN(CC(=O)Nc2ccccc2)CC1. The van der Waals surface area contributed by atoms with Gasteiger partial charge in [0.15, 0.2) is 0 Å². The fraction of sp³-hybridized carbons (Fsp3) is 0.571. The summed E-state index contributed by atoms with van der Waals surface area (Å²) in [6.07, 6.45) is 1.92.